The third-order valence-corrected chi connectivity index (χ3v) is 9.35. The zero-order valence-corrected chi connectivity index (χ0v) is 25.8. The number of benzene rings is 7. The maximum atomic E-state index is 5.19. The molecule has 0 N–H and O–H groups in total. The minimum Gasteiger partial charge on any atom is -0.309 e. The van der Waals surface area contributed by atoms with E-state index in [0.717, 1.165) is 38.8 Å². The first-order valence-electron chi connectivity index (χ1n) is 16.1. The summed E-state index contributed by atoms with van der Waals surface area (Å²) in [6.07, 6.45) is 0. The first kappa shape index (κ1) is 26.6. The molecule has 0 aliphatic heterocycles. The van der Waals surface area contributed by atoms with Crippen LogP contribution in [0.1, 0.15) is 0 Å². The number of hydrogen-bond donors (Lipinski definition) is 0. The van der Waals surface area contributed by atoms with Gasteiger partial charge in [0.25, 0.3) is 0 Å². The van der Waals surface area contributed by atoms with Crippen molar-refractivity contribution in [2.45, 2.75) is 0 Å². The second kappa shape index (κ2) is 10.5. The molecule has 3 aromatic heterocycles. The highest BCUT2D eigenvalue weighted by atomic mass is 15.2. The Hall–Kier alpha value is -6.59. The van der Waals surface area contributed by atoms with E-state index in [1.165, 1.54) is 32.4 Å². The summed E-state index contributed by atoms with van der Waals surface area (Å²) in [5.41, 5.74) is 7.39. The average molecular weight is 614 g/mol. The number of fused-ring (bicyclic) bond motifs is 8. The van der Waals surface area contributed by atoms with Crippen LogP contribution in [0, 0.1) is 0 Å². The molecule has 0 saturated heterocycles. The normalized spacial score (nSPS) is 11.8. The Kier molecular flexibility index (Phi) is 5.81. The van der Waals surface area contributed by atoms with Crippen LogP contribution in [0.25, 0.3) is 88.8 Å². The van der Waals surface area contributed by atoms with E-state index in [-0.39, 0.29) is 0 Å². The average Bonchev–Trinajstić information content (AvgIpc) is 3.67. The fourth-order valence-corrected chi connectivity index (χ4v) is 7.22. The fourth-order valence-electron chi connectivity index (χ4n) is 7.22. The quantitative estimate of drug-likeness (QED) is 0.198. The zero-order chi connectivity index (χ0) is 31.6. The molecule has 0 unspecified atom stereocenters. The van der Waals surface area contributed by atoms with E-state index in [2.05, 4.69) is 137 Å². The van der Waals surface area contributed by atoms with Gasteiger partial charge in [0, 0.05) is 38.4 Å². The lowest BCUT2D eigenvalue weighted by molar-refractivity contribution is 0.954. The Morgan fingerprint density at radius 1 is 0.354 bits per heavy atom. The number of hydrogen-bond acceptors (Lipinski definition) is 3. The van der Waals surface area contributed by atoms with Crippen LogP contribution in [0.2, 0.25) is 0 Å². The second-order valence-electron chi connectivity index (χ2n) is 12.1. The standard InChI is InChI=1S/C43H27N5/c1-4-15-29(16-5-1)41-44-42(30-17-6-2-7-18-30)46-43(45-41)48-37-25-24-28-14-10-11-21-32(28)40(37)35-26-34-33-22-12-13-23-36(33)47(38(34)27-39(35)48)31-19-8-3-9-20-31/h1-27H. The van der Waals surface area contributed by atoms with Gasteiger partial charge in [-0.15, -0.1) is 0 Å². The van der Waals surface area contributed by atoms with Crippen molar-refractivity contribution in [3.63, 3.8) is 0 Å². The van der Waals surface area contributed by atoms with Crippen LogP contribution < -0.4 is 0 Å². The smallest absolute Gasteiger partial charge is 0.238 e. The Morgan fingerprint density at radius 3 is 1.65 bits per heavy atom. The molecule has 0 atom stereocenters. The molecule has 0 aliphatic carbocycles. The van der Waals surface area contributed by atoms with Gasteiger partial charge in [-0.05, 0) is 47.2 Å². The van der Waals surface area contributed by atoms with Crippen LogP contribution in [0.15, 0.2) is 164 Å². The van der Waals surface area contributed by atoms with Crippen molar-refractivity contribution >= 4 is 54.4 Å². The molecule has 7 aromatic carbocycles. The third kappa shape index (κ3) is 4.01. The van der Waals surface area contributed by atoms with Crippen LogP contribution in [0.5, 0.6) is 0 Å². The predicted octanol–water partition coefficient (Wildman–Crippen LogP) is 10.6. The molecule has 0 amide bonds. The molecular weight excluding hydrogens is 587 g/mol. The molecule has 5 heteroatoms. The number of nitrogens with zero attached hydrogens (tertiary/aromatic N) is 5. The fraction of sp³-hybridized carbons (Fsp3) is 0. The molecule has 10 rings (SSSR count). The Morgan fingerprint density at radius 2 is 0.938 bits per heavy atom. The van der Waals surface area contributed by atoms with Crippen molar-refractivity contribution in [2.24, 2.45) is 0 Å². The monoisotopic (exact) mass is 613 g/mol. The van der Waals surface area contributed by atoms with Crippen molar-refractivity contribution < 1.29 is 0 Å². The topological polar surface area (TPSA) is 48.5 Å². The highest BCUT2D eigenvalue weighted by molar-refractivity contribution is 6.25. The van der Waals surface area contributed by atoms with Gasteiger partial charge in [0.15, 0.2) is 11.6 Å². The molecule has 3 heterocycles. The van der Waals surface area contributed by atoms with Gasteiger partial charge < -0.3 is 4.57 Å². The Bertz CT molecular complexity index is 2760. The summed E-state index contributed by atoms with van der Waals surface area (Å²) in [4.78, 5) is 15.4. The van der Waals surface area contributed by atoms with Gasteiger partial charge in [-0.3, -0.25) is 4.57 Å². The number of para-hydroxylation sites is 2. The maximum absolute atomic E-state index is 5.19. The summed E-state index contributed by atoms with van der Waals surface area (Å²) >= 11 is 0. The summed E-state index contributed by atoms with van der Waals surface area (Å²) in [6.45, 7) is 0. The maximum Gasteiger partial charge on any atom is 0.238 e. The van der Waals surface area contributed by atoms with Crippen LogP contribution in [0.3, 0.4) is 0 Å². The van der Waals surface area contributed by atoms with Crippen LogP contribution in [0.4, 0.5) is 0 Å². The largest absolute Gasteiger partial charge is 0.309 e. The Balaban J connectivity index is 1.38. The van der Waals surface area contributed by atoms with Gasteiger partial charge in [-0.1, -0.05) is 127 Å². The molecule has 0 radical (unpaired) electrons. The molecule has 0 spiro atoms. The highest BCUT2D eigenvalue weighted by Crippen LogP contribution is 2.41. The molecule has 5 nitrogen and oxygen atoms in total. The molecule has 0 saturated carbocycles. The minimum absolute atomic E-state index is 0.583. The lowest BCUT2D eigenvalue weighted by Gasteiger charge is -2.11. The lowest BCUT2D eigenvalue weighted by atomic mass is 10.0. The highest BCUT2D eigenvalue weighted by Gasteiger charge is 2.22. The summed E-state index contributed by atoms with van der Waals surface area (Å²) in [6, 6.07) is 57.3. The van der Waals surface area contributed by atoms with E-state index >= 15 is 0 Å². The molecule has 0 aliphatic rings. The van der Waals surface area contributed by atoms with Crippen molar-refractivity contribution in [2.75, 3.05) is 0 Å². The minimum atomic E-state index is 0.583. The van der Waals surface area contributed by atoms with Crippen LogP contribution in [-0.4, -0.2) is 24.1 Å². The van der Waals surface area contributed by atoms with Crippen molar-refractivity contribution in [1.29, 1.82) is 0 Å². The number of rotatable bonds is 4. The first-order chi connectivity index (χ1) is 23.8. The summed E-state index contributed by atoms with van der Waals surface area (Å²) in [7, 11) is 0. The van der Waals surface area contributed by atoms with Gasteiger partial charge in [-0.25, -0.2) is 4.98 Å². The zero-order valence-electron chi connectivity index (χ0n) is 25.8. The molecule has 224 valence electrons. The van der Waals surface area contributed by atoms with Crippen molar-refractivity contribution in [1.82, 2.24) is 24.1 Å². The van der Waals surface area contributed by atoms with Crippen LogP contribution in [-0.2, 0) is 0 Å². The van der Waals surface area contributed by atoms with Gasteiger partial charge in [0.1, 0.15) is 0 Å². The van der Waals surface area contributed by atoms with E-state index in [0.29, 0.717) is 17.6 Å². The van der Waals surface area contributed by atoms with Crippen molar-refractivity contribution in [3.05, 3.63) is 164 Å². The lowest BCUT2D eigenvalue weighted by Crippen LogP contribution is -2.06. The van der Waals surface area contributed by atoms with Gasteiger partial charge in [0.05, 0.1) is 22.1 Å². The molecular formula is C43H27N5. The predicted molar refractivity (Wildman–Crippen MR) is 197 cm³/mol. The molecule has 0 fully saturated rings. The van der Waals surface area contributed by atoms with Gasteiger partial charge in [-0.2, -0.15) is 9.97 Å². The van der Waals surface area contributed by atoms with E-state index in [9.17, 15) is 0 Å². The van der Waals surface area contributed by atoms with E-state index < -0.39 is 0 Å². The third-order valence-electron chi connectivity index (χ3n) is 9.35. The Labute approximate surface area is 276 Å². The number of aromatic nitrogens is 5. The molecule has 48 heavy (non-hydrogen) atoms. The summed E-state index contributed by atoms with van der Waals surface area (Å²) in [5.74, 6) is 1.85. The van der Waals surface area contributed by atoms with E-state index in [4.69, 9.17) is 15.0 Å². The van der Waals surface area contributed by atoms with E-state index in [1.54, 1.807) is 0 Å². The van der Waals surface area contributed by atoms with Crippen LogP contribution >= 0.6 is 0 Å². The van der Waals surface area contributed by atoms with Gasteiger partial charge >= 0.3 is 0 Å². The molecule has 10 aromatic rings. The van der Waals surface area contributed by atoms with Crippen molar-refractivity contribution in [3.8, 4) is 34.4 Å². The summed E-state index contributed by atoms with van der Waals surface area (Å²) < 4.78 is 4.59. The molecule has 0 bridgehead atoms. The first-order valence-corrected chi connectivity index (χ1v) is 16.1. The summed E-state index contributed by atoms with van der Waals surface area (Å²) in [5, 5.41) is 7.17. The van der Waals surface area contributed by atoms with E-state index in [1.807, 2.05) is 36.4 Å². The SMILES string of the molecule is c1ccc(-c2nc(-c3ccccc3)nc(-n3c4cc5c(cc4c4c6ccccc6ccc43)c3ccccc3n5-c3ccccc3)n2)cc1. The van der Waals surface area contributed by atoms with Gasteiger partial charge in [0.2, 0.25) is 5.95 Å². The second-order valence-corrected chi connectivity index (χ2v) is 12.1.